The van der Waals surface area contributed by atoms with Gasteiger partial charge in [0, 0.05) is 0 Å². The molecule has 1 amide bonds. The molecule has 3 rings (SSSR count). The van der Waals surface area contributed by atoms with Crippen LogP contribution in [0, 0.1) is 0 Å². The molecule has 0 spiro atoms. The first-order valence-electron chi connectivity index (χ1n) is 10.4. The minimum Gasteiger partial charge on any atom is -0.486 e. The molecule has 1 heterocycles. The van der Waals surface area contributed by atoms with Gasteiger partial charge in [-0.15, -0.1) is 10.2 Å². The topological polar surface area (TPSA) is 95.1 Å². The number of nitrogens with zero attached hydrogens (tertiary/aromatic N) is 3. The van der Waals surface area contributed by atoms with E-state index in [1.807, 2.05) is 24.3 Å². The van der Waals surface area contributed by atoms with E-state index in [0.717, 1.165) is 17.8 Å². The molecule has 0 bridgehead atoms. The molecule has 7 nitrogen and oxygen atoms in total. The number of ether oxygens (including phenoxy) is 1. The molecule has 1 atom stereocenters. The van der Waals surface area contributed by atoms with Gasteiger partial charge in [-0.25, -0.2) is 4.68 Å². The van der Waals surface area contributed by atoms with Gasteiger partial charge in [-0.3, -0.25) is 4.79 Å². The molecular weight excluding hydrogens is 467 g/mol. The molecule has 0 saturated carbocycles. The molecule has 0 fully saturated rings. The number of nitrogens with two attached hydrogens (primary N) is 1. The second kappa shape index (κ2) is 9.96. The zero-order valence-corrected chi connectivity index (χ0v) is 20.0. The third-order valence-corrected chi connectivity index (χ3v) is 6.02. The third-order valence-electron chi connectivity index (χ3n) is 4.97. The van der Waals surface area contributed by atoms with Crippen molar-refractivity contribution in [2.24, 2.45) is 0 Å². The molecule has 1 unspecified atom stereocenters. The van der Waals surface area contributed by atoms with Gasteiger partial charge < -0.3 is 15.9 Å². The molecular formula is C23H26F3N5O2S. The quantitative estimate of drug-likeness (QED) is 0.355. The van der Waals surface area contributed by atoms with Crippen LogP contribution < -0.4 is 15.9 Å². The largest absolute Gasteiger partial charge is 0.486 e. The first-order chi connectivity index (χ1) is 15.9. The molecule has 1 aromatic heterocycles. The molecule has 3 aromatic rings. The van der Waals surface area contributed by atoms with Gasteiger partial charge in [-0.2, -0.15) is 13.2 Å². The van der Waals surface area contributed by atoms with E-state index in [1.54, 1.807) is 0 Å². The Kier molecular flexibility index (Phi) is 7.44. The Morgan fingerprint density at radius 3 is 2.38 bits per heavy atom. The van der Waals surface area contributed by atoms with Gasteiger partial charge in [0.05, 0.1) is 16.5 Å². The van der Waals surface area contributed by atoms with Gasteiger partial charge in [-0.1, -0.05) is 56.8 Å². The van der Waals surface area contributed by atoms with Crippen LogP contribution in [0.25, 0.3) is 0 Å². The predicted octanol–water partition coefficient (Wildman–Crippen LogP) is 5.01. The smallest absolute Gasteiger partial charge is 0.418 e. The Hall–Kier alpha value is -3.21. The molecule has 0 aliphatic rings. The zero-order chi connectivity index (χ0) is 25.1. The standard InChI is InChI=1S/C23H26F3N5O2S/c1-14(20(32)28-18-8-6-5-7-17(18)23(24,25)26)34-21-30-29-19(31(21)27)13-33-16-11-9-15(10-12-16)22(2,3)4/h5-12,14H,13,27H2,1-4H3,(H,28,32). The Bertz CT molecular complexity index is 1140. The van der Waals surface area contributed by atoms with E-state index < -0.39 is 22.9 Å². The molecule has 0 aliphatic carbocycles. The highest BCUT2D eigenvalue weighted by Gasteiger charge is 2.34. The number of halogens is 3. The molecule has 34 heavy (non-hydrogen) atoms. The molecule has 11 heteroatoms. The molecule has 182 valence electrons. The highest BCUT2D eigenvalue weighted by atomic mass is 32.2. The number of aromatic nitrogens is 3. The lowest BCUT2D eigenvalue weighted by Crippen LogP contribution is -2.25. The first kappa shape index (κ1) is 25.4. The molecule has 2 aromatic carbocycles. The maximum Gasteiger partial charge on any atom is 0.418 e. The van der Waals surface area contributed by atoms with Gasteiger partial charge in [0.25, 0.3) is 0 Å². The van der Waals surface area contributed by atoms with Crippen molar-refractivity contribution in [2.45, 2.75) is 56.3 Å². The first-order valence-corrected chi connectivity index (χ1v) is 11.3. The third kappa shape index (κ3) is 6.22. The summed E-state index contributed by atoms with van der Waals surface area (Å²) in [5.74, 6) is 6.39. The average Bonchev–Trinajstić information content (AvgIpc) is 3.10. The second-order valence-corrected chi connectivity index (χ2v) is 9.93. The van der Waals surface area contributed by atoms with E-state index in [9.17, 15) is 18.0 Å². The summed E-state index contributed by atoms with van der Waals surface area (Å²) in [7, 11) is 0. The van der Waals surface area contributed by atoms with Crippen molar-refractivity contribution >= 4 is 23.4 Å². The van der Waals surface area contributed by atoms with Crippen LogP contribution in [0.4, 0.5) is 18.9 Å². The summed E-state index contributed by atoms with van der Waals surface area (Å²) < 4.78 is 46.4. The number of rotatable bonds is 7. The van der Waals surface area contributed by atoms with Gasteiger partial charge in [0.2, 0.25) is 11.1 Å². The molecule has 0 saturated heterocycles. The summed E-state index contributed by atoms with van der Waals surface area (Å²) in [6, 6.07) is 12.5. The van der Waals surface area contributed by atoms with Crippen molar-refractivity contribution in [3.8, 4) is 5.75 Å². The van der Waals surface area contributed by atoms with Crippen molar-refractivity contribution in [1.29, 1.82) is 0 Å². The summed E-state index contributed by atoms with van der Waals surface area (Å²) in [5.41, 5.74) is -0.0312. The van der Waals surface area contributed by atoms with E-state index >= 15 is 0 Å². The monoisotopic (exact) mass is 493 g/mol. The highest BCUT2D eigenvalue weighted by Crippen LogP contribution is 2.35. The fraction of sp³-hybridized carbons (Fsp3) is 0.348. The number of nitrogens with one attached hydrogen (secondary N) is 1. The Balaban J connectivity index is 1.61. The normalized spacial score (nSPS) is 12.9. The number of benzene rings is 2. The van der Waals surface area contributed by atoms with E-state index in [-0.39, 0.29) is 22.9 Å². The number of hydrogen-bond acceptors (Lipinski definition) is 6. The lowest BCUT2D eigenvalue weighted by Gasteiger charge is -2.19. The summed E-state index contributed by atoms with van der Waals surface area (Å²) in [4.78, 5) is 12.5. The Morgan fingerprint density at radius 2 is 1.76 bits per heavy atom. The maximum atomic E-state index is 13.2. The van der Waals surface area contributed by atoms with Crippen molar-refractivity contribution in [2.75, 3.05) is 11.2 Å². The van der Waals surface area contributed by atoms with Crippen molar-refractivity contribution in [1.82, 2.24) is 14.9 Å². The summed E-state index contributed by atoms with van der Waals surface area (Å²) in [6.07, 6.45) is -4.58. The summed E-state index contributed by atoms with van der Waals surface area (Å²) in [5, 5.41) is 9.73. The number of alkyl halides is 3. The van der Waals surface area contributed by atoms with Crippen LogP contribution in [-0.2, 0) is 23.0 Å². The number of carbonyl (C=O) groups is 1. The Morgan fingerprint density at radius 1 is 1.12 bits per heavy atom. The van der Waals surface area contributed by atoms with E-state index in [4.69, 9.17) is 10.6 Å². The minimum absolute atomic E-state index is 0.0277. The van der Waals surface area contributed by atoms with Crippen molar-refractivity contribution in [3.63, 3.8) is 0 Å². The van der Waals surface area contributed by atoms with E-state index in [1.165, 1.54) is 35.4 Å². The second-order valence-electron chi connectivity index (χ2n) is 8.62. The van der Waals surface area contributed by atoms with Crippen LogP contribution in [-0.4, -0.2) is 26.0 Å². The lowest BCUT2D eigenvalue weighted by molar-refractivity contribution is -0.137. The van der Waals surface area contributed by atoms with Crippen LogP contribution in [0.3, 0.4) is 0 Å². The van der Waals surface area contributed by atoms with Crippen molar-refractivity contribution < 1.29 is 22.7 Å². The number of hydrogen-bond donors (Lipinski definition) is 2. The van der Waals surface area contributed by atoms with Crippen molar-refractivity contribution in [3.05, 3.63) is 65.5 Å². The summed E-state index contributed by atoms with van der Waals surface area (Å²) in [6.45, 7) is 7.95. The zero-order valence-electron chi connectivity index (χ0n) is 19.2. The summed E-state index contributed by atoms with van der Waals surface area (Å²) >= 11 is 0.974. The number of amides is 1. The van der Waals surface area contributed by atoms with Gasteiger partial charge in [0.15, 0.2) is 5.82 Å². The van der Waals surface area contributed by atoms with Gasteiger partial charge in [0.1, 0.15) is 12.4 Å². The number of nitrogen functional groups attached to an aromatic ring is 1. The molecule has 3 N–H and O–H groups in total. The number of anilines is 1. The lowest BCUT2D eigenvalue weighted by atomic mass is 9.87. The molecule has 0 aliphatic heterocycles. The van der Waals surface area contributed by atoms with Crippen LogP contribution >= 0.6 is 11.8 Å². The van der Waals surface area contributed by atoms with Gasteiger partial charge >= 0.3 is 6.18 Å². The predicted molar refractivity (Wildman–Crippen MR) is 125 cm³/mol. The maximum absolute atomic E-state index is 13.2. The van der Waals surface area contributed by atoms with Gasteiger partial charge in [-0.05, 0) is 42.2 Å². The fourth-order valence-corrected chi connectivity index (χ4v) is 3.76. The van der Waals surface area contributed by atoms with Crippen LogP contribution in [0.1, 0.15) is 44.6 Å². The van der Waals surface area contributed by atoms with E-state index in [2.05, 4.69) is 36.3 Å². The van der Waals surface area contributed by atoms with Crippen LogP contribution in [0.15, 0.2) is 53.7 Å². The SMILES string of the molecule is CC(Sc1nnc(COc2ccc(C(C)(C)C)cc2)n1N)C(=O)Nc1ccccc1C(F)(F)F. The molecule has 0 radical (unpaired) electrons. The number of para-hydroxylation sites is 1. The van der Waals surface area contributed by atoms with E-state index in [0.29, 0.717) is 11.6 Å². The highest BCUT2D eigenvalue weighted by molar-refractivity contribution is 8.00. The van der Waals surface area contributed by atoms with Crippen LogP contribution in [0.2, 0.25) is 0 Å². The number of carbonyl (C=O) groups excluding carboxylic acids is 1. The van der Waals surface area contributed by atoms with Crippen LogP contribution in [0.5, 0.6) is 5.75 Å². The number of thioether (sulfide) groups is 1. The Labute approximate surface area is 199 Å². The minimum atomic E-state index is -4.58. The average molecular weight is 494 g/mol. The fourth-order valence-electron chi connectivity index (χ4n) is 2.97.